The van der Waals surface area contributed by atoms with Crippen LogP contribution in [0.1, 0.15) is 26.7 Å². The van der Waals surface area contributed by atoms with Crippen LogP contribution in [0.25, 0.3) is 0 Å². The zero-order valence-corrected chi connectivity index (χ0v) is 16.4. The van der Waals surface area contributed by atoms with E-state index in [9.17, 15) is 0 Å². The lowest BCUT2D eigenvalue weighted by atomic mass is 10.1. The van der Waals surface area contributed by atoms with E-state index in [0.717, 1.165) is 25.3 Å². The Morgan fingerprint density at radius 2 is 1.58 bits per heavy atom. The van der Waals surface area contributed by atoms with Gasteiger partial charge in [0, 0.05) is 0 Å². The molecule has 4 rings (SSSR count). The molecule has 0 N–H and O–H groups in total. The van der Waals surface area contributed by atoms with Crippen molar-refractivity contribution in [3.63, 3.8) is 0 Å². The third-order valence-corrected chi connectivity index (χ3v) is 7.86. The fraction of sp³-hybridized carbons (Fsp3) is 0.348. The highest BCUT2D eigenvalue weighted by molar-refractivity contribution is 7.76. The summed E-state index contributed by atoms with van der Waals surface area (Å²) < 4.78 is 6.08. The fourth-order valence-electron chi connectivity index (χ4n) is 3.73. The molecule has 0 amide bonds. The molecule has 1 aliphatic carbocycles. The maximum atomic E-state index is 6.08. The zero-order chi connectivity index (χ0) is 17.9. The number of benzene rings is 2. The molecule has 2 nitrogen and oxygen atoms in total. The SMILES string of the molecule is CC(C)[C@H]1COC(C2CCC=C2P(c2ccccc2)c2ccccc2)=N1. The van der Waals surface area contributed by atoms with Crippen LogP contribution < -0.4 is 10.6 Å². The second-order valence-corrected chi connectivity index (χ2v) is 9.58. The van der Waals surface area contributed by atoms with E-state index >= 15 is 0 Å². The van der Waals surface area contributed by atoms with Gasteiger partial charge in [0.25, 0.3) is 0 Å². The third-order valence-electron chi connectivity index (χ3n) is 5.22. The van der Waals surface area contributed by atoms with Gasteiger partial charge in [0.2, 0.25) is 0 Å². The summed E-state index contributed by atoms with van der Waals surface area (Å²) >= 11 is 0. The molecule has 0 saturated heterocycles. The molecule has 0 aromatic heterocycles. The number of aliphatic imine (C=N–C) groups is 1. The highest BCUT2D eigenvalue weighted by atomic mass is 31.1. The fourth-order valence-corrected chi connectivity index (χ4v) is 6.43. The Balaban J connectivity index is 1.71. The first-order valence-electron chi connectivity index (χ1n) is 9.55. The minimum Gasteiger partial charge on any atom is -0.478 e. The summed E-state index contributed by atoms with van der Waals surface area (Å²) in [6.07, 6.45) is 4.69. The summed E-state index contributed by atoms with van der Waals surface area (Å²) in [5.74, 6) is 1.85. The zero-order valence-electron chi connectivity index (χ0n) is 15.5. The molecule has 3 heteroatoms. The lowest BCUT2D eigenvalue weighted by Gasteiger charge is -2.25. The van der Waals surface area contributed by atoms with E-state index in [0.29, 0.717) is 17.9 Å². The lowest BCUT2D eigenvalue weighted by Crippen LogP contribution is -2.20. The molecule has 1 unspecified atom stereocenters. The minimum atomic E-state index is -0.537. The van der Waals surface area contributed by atoms with E-state index in [-0.39, 0.29) is 0 Å². The third kappa shape index (κ3) is 3.48. The van der Waals surface area contributed by atoms with Crippen LogP contribution in [0.5, 0.6) is 0 Å². The summed E-state index contributed by atoms with van der Waals surface area (Å²) in [6, 6.07) is 22.2. The van der Waals surface area contributed by atoms with E-state index in [1.54, 1.807) is 0 Å². The first kappa shape index (κ1) is 17.5. The minimum absolute atomic E-state index is 0.312. The lowest BCUT2D eigenvalue weighted by molar-refractivity contribution is 0.280. The van der Waals surface area contributed by atoms with Crippen LogP contribution in [-0.4, -0.2) is 18.5 Å². The van der Waals surface area contributed by atoms with Crippen LogP contribution in [-0.2, 0) is 4.74 Å². The number of rotatable bonds is 5. The summed E-state index contributed by atoms with van der Waals surface area (Å²) in [7, 11) is -0.537. The summed E-state index contributed by atoms with van der Waals surface area (Å²) in [4.78, 5) is 4.95. The van der Waals surface area contributed by atoms with Crippen LogP contribution in [0.2, 0.25) is 0 Å². The van der Waals surface area contributed by atoms with Crippen LogP contribution in [0.4, 0.5) is 0 Å². The Labute approximate surface area is 157 Å². The van der Waals surface area contributed by atoms with Gasteiger partial charge in [-0.05, 0) is 42.6 Å². The highest BCUT2D eigenvalue weighted by Crippen LogP contribution is 2.51. The molecule has 2 aromatic carbocycles. The van der Waals surface area contributed by atoms with Gasteiger partial charge in [0.1, 0.15) is 6.61 Å². The molecule has 134 valence electrons. The highest BCUT2D eigenvalue weighted by Gasteiger charge is 2.35. The normalized spacial score (nSPS) is 22.5. The molecule has 2 atom stereocenters. The molecule has 0 radical (unpaired) electrons. The van der Waals surface area contributed by atoms with Crippen molar-refractivity contribution in [2.24, 2.45) is 16.8 Å². The first-order chi connectivity index (χ1) is 12.7. The van der Waals surface area contributed by atoms with Gasteiger partial charge in [0.05, 0.1) is 12.0 Å². The average molecular weight is 363 g/mol. The van der Waals surface area contributed by atoms with E-state index in [2.05, 4.69) is 80.6 Å². The van der Waals surface area contributed by atoms with Gasteiger partial charge in [-0.25, -0.2) is 4.99 Å². The Kier molecular flexibility index (Phi) is 5.22. The number of nitrogens with zero attached hydrogens (tertiary/aromatic N) is 1. The van der Waals surface area contributed by atoms with Crippen LogP contribution in [0, 0.1) is 11.8 Å². The molecule has 1 heterocycles. The molecule has 0 bridgehead atoms. The maximum absolute atomic E-state index is 6.08. The van der Waals surface area contributed by atoms with Crippen LogP contribution in [0.15, 0.2) is 77.0 Å². The Morgan fingerprint density at radius 3 is 2.12 bits per heavy atom. The molecule has 1 aliphatic heterocycles. The summed E-state index contributed by atoms with van der Waals surface area (Å²) in [5.41, 5.74) is 0. The van der Waals surface area contributed by atoms with Crippen molar-refractivity contribution in [1.29, 1.82) is 0 Å². The van der Waals surface area contributed by atoms with Gasteiger partial charge in [-0.2, -0.15) is 0 Å². The Hall–Kier alpha value is -1.92. The van der Waals surface area contributed by atoms with E-state index in [4.69, 9.17) is 9.73 Å². The van der Waals surface area contributed by atoms with Gasteiger partial charge >= 0.3 is 0 Å². The molecule has 0 fully saturated rings. The molecule has 26 heavy (non-hydrogen) atoms. The summed E-state index contributed by atoms with van der Waals surface area (Å²) in [6.45, 7) is 5.20. The predicted molar refractivity (Wildman–Crippen MR) is 112 cm³/mol. The molecule has 2 aromatic rings. The van der Waals surface area contributed by atoms with Crippen molar-refractivity contribution in [3.8, 4) is 0 Å². The number of allylic oxidation sites excluding steroid dienone is 1. The topological polar surface area (TPSA) is 21.6 Å². The van der Waals surface area contributed by atoms with Gasteiger partial charge in [0.15, 0.2) is 5.90 Å². The van der Waals surface area contributed by atoms with Gasteiger partial charge < -0.3 is 4.74 Å². The molecule has 0 spiro atoms. The molecular formula is C23H26NOP. The van der Waals surface area contributed by atoms with Crippen molar-refractivity contribution in [3.05, 3.63) is 72.1 Å². The van der Waals surface area contributed by atoms with E-state index in [1.165, 1.54) is 15.9 Å². The van der Waals surface area contributed by atoms with Crippen molar-refractivity contribution >= 4 is 24.4 Å². The number of hydrogen-bond donors (Lipinski definition) is 0. The average Bonchev–Trinajstić information content (AvgIpc) is 3.33. The first-order valence-corrected chi connectivity index (χ1v) is 10.9. The van der Waals surface area contributed by atoms with E-state index in [1.807, 2.05) is 0 Å². The maximum Gasteiger partial charge on any atom is 0.191 e. The number of ether oxygens (including phenoxy) is 1. The molecular weight excluding hydrogens is 337 g/mol. The monoisotopic (exact) mass is 363 g/mol. The van der Waals surface area contributed by atoms with Crippen LogP contribution >= 0.6 is 7.92 Å². The van der Waals surface area contributed by atoms with Crippen molar-refractivity contribution in [2.75, 3.05) is 6.61 Å². The number of hydrogen-bond acceptors (Lipinski definition) is 2. The van der Waals surface area contributed by atoms with Crippen molar-refractivity contribution in [2.45, 2.75) is 32.7 Å². The summed E-state index contributed by atoms with van der Waals surface area (Å²) in [5, 5.41) is 4.33. The standard InChI is InChI=1S/C23H26NOP/c1-17(2)21-16-25-23(24-21)20-14-9-15-22(20)26(18-10-5-3-6-11-18)19-12-7-4-8-13-19/h3-8,10-13,15,17,20-21H,9,14,16H2,1-2H3/t20?,21-/m1/s1. The Morgan fingerprint density at radius 1 is 0.962 bits per heavy atom. The molecule has 0 saturated carbocycles. The van der Waals surface area contributed by atoms with Gasteiger partial charge in [-0.3, -0.25) is 0 Å². The smallest absolute Gasteiger partial charge is 0.191 e. The second kappa shape index (κ2) is 7.76. The van der Waals surface area contributed by atoms with E-state index < -0.39 is 7.92 Å². The van der Waals surface area contributed by atoms with Crippen molar-refractivity contribution < 1.29 is 4.74 Å². The largest absolute Gasteiger partial charge is 0.478 e. The Bertz CT molecular complexity index is 758. The quantitative estimate of drug-likeness (QED) is 0.695. The molecule has 2 aliphatic rings. The van der Waals surface area contributed by atoms with Crippen LogP contribution in [0.3, 0.4) is 0 Å². The predicted octanol–water partition coefficient (Wildman–Crippen LogP) is 4.87. The van der Waals surface area contributed by atoms with Crippen molar-refractivity contribution in [1.82, 2.24) is 0 Å². The van der Waals surface area contributed by atoms with Gasteiger partial charge in [-0.1, -0.05) is 80.6 Å². The van der Waals surface area contributed by atoms with Gasteiger partial charge in [-0.15, -0.1) is 0 Å². The second-order valence-electron chi connectivity index (χ2n) is 7.36.